The summed E-state index contributed by atoms with van der Waals surface area (Å²) in [4.78, 5) is 38.8. The van der Waals surface area contributed by atoms with Crippen molar-refractivity contribution in [1.29, 1.82) is 0 Å². The topological polar surface area (TPSA) is 72.9 Å². The average molecular weight is 361 g/mol. The van der Waals surface area contributed by atoms with E-state index >= 15 is 0 Å². The third-order valence-electron chi connectivity index (χ3n) is 4.78. The lowest BCUT2D eigenvalue weighted by atomic mass is 9.91. The highest BCUT2D eigenvalue weighted by Gasteiger charge is 2.38. The standard InChI is InChI=1S/C20H27NO5/c1-5-26-19(23)14(3)12-13(2)18(22)21-16-9-7-6-8-15(16)10-11-17(21)20(24)25-4/h6-9,13-14,17H,5,10-12H2,1-4H3. The Labute approximate surface area is 154 Å². The molecule has 0 aliphatic carbocycles. The molecule has 0 spiro atoms. The minimum absolute atomic E-state index is 0.177. The number of hydrogen-bond acceptors (Lipinski definition) is 5. The molecule has 0 radical (unpaired) electrons. The van der Waals surface area contributed by atoms with Crippen molar-refractivity contribution in [3.63, 3.8) is 0 Å². The fourth-order valence-corrected chi connectivity index (χ4v) is 3.43. The summed E-state index contributed by atoms with van der Waals surface area (Å²) in [5.41, 5.74) is 1.78. The summed E-state index contributed by atoms with van der Waals surface area (Å²) in [6, 6.07) is 6.96. The number of anilines is 1. The number of esters is 2. The minimum atomic E-state index is -0.636. The smallest absolute Gasteiger partial charge is 0.328 e. The molecule has 1 aromatic carbocycles. The summed E-state index contributed by atoms with van der Waals surface area (Å²) in [7, 11) is 1.33. The van der Waals surface area contributed by atoms with Gasteiger partial charge < -0.3 is 9.47 Å². The zero-order valence-electron chi connectivity index (χ0n) is 15.9. The van der Waals surface area contributed by atoms with E-state index in [0.29, 0.717) is 25.9 Å². The van der Waals surface area contributed by atoms with Crippen LogP contribution in [0.4, 0.5) is 5.69 Å². The van der Waals surface area contributed by atoms with E-state index in [0.717, 1.165) is 11.3 Å². The van der Waals surface area contributed by atoms with E-state index in [1.807, 2.05) is 24.3 Å². The SMILES string of the molecule is CCOC(=O)C(C)CC(C)C(=O)N1c2ccccc2CCC1C(=O)OC. The summed E-state index contributed by atoms with van der Waals surface area (Å²) in [6.07, 6.45) is 1.60. The van der Waals surface area contributed by atoms with E-state index in [2.05, 4.69) is 0 Å². The highest BCUT2D eigenvalue weighted by molar-refractivity contribution is 6.01. The summed E-state index contributed by atoms with van der Waals surface area (Å²) in [6.45, 7) is 5.60. The predicted octanol–water partition coefficient (Wildman–Crippen LogP) is 2.73. The second kappa shape index (κ2) is 8.83. The fraction of sp³-hybridized carbons (Fsp3) is 0.550. The van der Waals surface area contributed by atoms with Crippen molar-refractivity contribution in [3.8, 4) is 0 Å². The van der Waals surface area contributed by atoms with Crippen molar-refractivity contribution in [2.24, 2.45) is 11.8 Å². The van der Waals surface area contributed by atoms with Gasteiger partial charge in [-0.1, -0.05) is 32.0 Å². The fourth-order valence-electron chi connectivity index (χ4n) is 3.43. The zero-order valence-corrected chi connectivity index (χ0v) is 15.9. The van der Waals surface area contributed by atoms with E-state index in [4.69, 9.17) is 9.47 Å². The van der Waals surface area contributed by atoms with Crippen LogP contribution < -0.4 is 4.90 Å². The van der Waals surface area contributed by atoms with E-state index in [1.165, 1.54) is 7.11 Å². The number of amides is 1. The lowest BCUT2D eigenvalue weighted by Crippen LogP contribution is -2.50. The Balaban J connectivity index is 2.24. The van der Waals surface area contributed by atoms with Crippen LogP contribution in [0, 0.1) is 11.8 Å². The molecule has 1 amide bonds. The molecule has 3 unspecified atom stereocenters. The molecule has 142 valence electrons. The van der Waals surface area contributed by atoms with Crippen molar-refractivity contribution < 1.29 is 23.9 Å². The number of ether oxygens (including phenoxy) is 2. The number of fused-ring (bicyclic) bond motifs is 1. The number of carbonyl (C=O) groups is 3. The Bertz CT molecular complexity index is 672. The zero-order chi connectivity index (χ0) is 19.3. The van der Waals surface area contributed by atoms with Gasteiger partial charge in [-0.2, -0.15) is 0 Å². The quantitative estimate of drug-likeness (QED) is 0.729. The second-order valence-corrected chi connectivity index (χ2v) is 6.70. The van der Waals surface area contributed by atoms with Crippen molar-refractivity contribution in [1.82, 2.24) is 0 Å². The predicted molar refractivity (Wildman–Crippen MR) is 97.6 cm³/mol. The lowest BCUT2D eigenvalue weighted by molar-refractivity contribution is -0.148. The van der Waals surface area contributed by atoms with Gasteiger partial charge in [-0.25, -0.2) is 4.79 Å². The number of benzene rings is 1. The van der Waals surface area contributed by atoms with Crippen LogP contribution in [-0.2, 0) is 30.3 Å². The van der Waals surface area contributed by atoms with Gasteiger partial charge in [0, 0.05) is 11.6 Å². The van der Waals surface area contributed by atoms with Crippen molar-refractivity contribution in [3.05, 3.63) is 29.8 Å². The summed E-state index contributed by atoms with van der Waals surface area (Å²) in [5.74, 6) is -1.71. The minimum Gasteiger partial charge on any atom is -0.467 e. The van der Waals surface area contributed by atoms with Gasteiger partial charge in [0.2, 0.25) is 5.91 Å². The van der Waals surface area contributed by atoms with E-state index in [-0.39, 0.29) is 17.8 Å². The van der Waals surface area contributed by atoms with Crippen LogP contribution in [0.3, 0.4) is 0 Å². The van der Waals surface area contributed by atoms with Gasteiger partial charge in [-0.15, -0.1) is 0 Å². The molecule has 1 aliphatic heterocycles. The molecule has 6 nitrogen and oxygen atoms in total. The first-order valence-corrected chi connectivity index (χ1v) is 9.06. The van der Waals surface area contributed by atoms with Crippen LogP contribution in [0.1, 0.15) is 39.2 Å². The average Bonchev–Trinajstić information content (AvgIpc) is 2.65. The molecule has 0 fully saturated rings. The van der Waals surface area contributed by atoms with Gasteiger partial charge in [-0.3, -0.25) is 14.5 Å². The van der Waals surface area contributed by atoms with Crippen LogP contribution >= 0.6 is 0 Å². The lowest BCUT2D eigenvalue weighted by Gasteiger charge is -2.37. The number of methoxy groups -OCH3 is 1. The molecule has 0 aromatic heterocycles. The molecule has 1 aliphatic rings. The molecule has 0 N–H and O–H groups in total. The molecule has 1 aromatic rings. The van der Waals surface area contributed by atoms with E-state index in [9.17, 15) is 14.4 Å². The van der Waals surface area contributed by atoms with Crippen LogP contribution in [0.5, 0.6) is 0 Å². The molecule has 0 saturated carbocycles. The monoisotopic (exact) mass is 361 g/mol. The van der Waals surface area contributed by atoms with Crippen LogP contribution in [0.15, 0.2) is 24.3 Å². The molecular weight excluding hydrogens is 334 g/mol. The second-order valence-electron chi connectivity index (χ2n) is 6.70. The normalized spacial score (nSPS) is 18.5. The van der Waals surface area contributed by atoms with Gasteiger partial charge in [0.25, 0.3) is 0 Å². The first kappa shape index (κ1) is 19.9. The van der Waals surface area contributed by atoms with Gasteiger partial charge in [-0.05, 0) is 37.8 Å². The molecule has 3 atom stereocenters. The number of aryl methyl sites for hydroxylation is 1. The Morgan fingerprint density at radius 1 is 1.19 bits per heavy atom. The van der Waals surface area contributed by atoms with Crippen molar-refractivity contribution in [2.45, 2.75) is 46.1 Å². The molecule has 26 heavy (non-hydrogen) atoms. The first-order valence-electron chi connectivity index (χ1n) is 9.06. The van der Waals surface area contributed by atoms with Crippen molar-refractivity contribution in [2.75, 3.05) is 18.6 Å². The molecule has 6 heteroatoms. The van der Waals surface area contributed by atoms with Crippen LogP contribution in [-0.4, -0.2) is 37.6 Å². The number of para-hydroxylation sites is 1. The maximum Gasteiger partial charge on any atom is 0.328 e. The maximum absolute atomic E-state index is 13.2. The van der Waals surface area contributed by atoms with E-state index < -0.39 is 17.9 Å². The molecule has 1 heterocycles. The van der Waals surface area contributed by atoms with E-state index in [1.54, 1.807) is 25.7 Å². The maximum atomic E-state index is 13.2. The molecular formula is C20H27NO5. The number of hydrogen-bond donors (Lipinski definition) is 0. The summed E-state index contributed by atoms with van der Waals surface area (Å²) < 4.78 is 9.93. The van der Waals surface area contributed by atoms with Gasteiger partial charge in [0.1, 0.15) is 6.04 Å². The highest BCUT2D eigenvalue weighted by Crippen LogP contribution is 2.33. The Hall–Kier alpha value is -2.37. The third-order valence-corrected chi connectivity index (χ3v) is 4.78. The Morgan fingerprint density at radius 3 is 2.54 bits per heavy atom. The van der Waals surface area contributed by atoms with Gasteiger partial charge in [0.15, 0.2) is 0 Å². The third kappa shape index (κ3) is 4.23. The number of nitrogens with zero attached hydrogens (tertiary/aromatic N) is 1. The molecule has 0 bridgehead atoms. The van der Waals surface area contributed by atoms with Crippen molar-refractivity contribution >= 4 is 23.5 Å². The summed E-state index contributed by atoms with van der Waals surface area (Å²) in [5, 5.41) is 0. The largest absolute Gasteiger partial charge is 0.467 e. The Kier molecular flexibility index (Phi) is 6.77. The van der Waals surface area contributed by atoms with Crippen LogP contribution in [0.25, 0.3) is 0 Å². The summed E-state index contributed by atoms with van der Waals surface area (Å²) >= 11 is 0. The van der Waals surface area contributed by atoms with Gasteiger partial charge in [0.05, 0.1) is 19.6 Å². The number of rotatable bonds is 6. The number of carbonyl (C=O) groups excluding carboxylic acids is 3. The molecule has 2 rings (SSSR count). The Morgan fingerprint density at radius 2 is 1.88 bits per heavy atom. The highest BCUT2D eigenvalue weighted by atomic mass is 16.5. The molecule has 0 saturated heterocycles. The van der Waals surface area contributed by atoms with Crippen LogP contribution in [0.2, 0.25) is 0 Å². The van der Waals surface area contributed by atoms with Gasteiger partial charge >= 0.3 is 11.9 Å². The first-order chi connectivity index (χ1) is 12.4.